The first-order valence-corrected chi connectivity index (χ1v) is 9.98. The highest BCUT2D eigenvalue weighted by molar-refractivity contribution is 9.10. The third kappa shape index (κ3) is 4.41. The summed E-state index contributed by atoms with van der Waals surface area (Å²) in [6, 6.07) is 5.34. The smallest absolute Gasteiger partial charge is 0.246 e. The number of carbonyl (C=O) groups is 1. The Labute approximate surface area is 183 Å². The zero-order valence-corrected chi connectivity index (χ0v) is 18.0. The maximum atomic E-state index is 14.1. The van der Waals surface area contributed by atoms with Gasteiger partial charge in [0.1, 0.15) is 16.5 Å². The van der Waals surface area contributed by atoms with Gasteiger partial charge in [-0.2, -0.15) is 0 Å². The predicted octanol–water partition coefficient (Wildman–Crippen LogP) is 5.03. The zero-order valence-electron chi connectivity index (χ0n) is 15.7. The average Bonchev–Trinajstić information content (AvgIpc) is 2.75. The quantitative estimate of drug-likeness (QED) is 0.252. The largest absolute Gasteiger partial charge is 0.496 e. The van der Waals surface area contributed by atoms with Crippen molar-refractivity contribution in [3.05, 3.63) is 62.6 Å². The van der Waals surface area contributed by atoms with Crippen LogP contribution in [0.25, 0.3) is 6.08 Å². The average molecular weight is 508 g/mol. The van der Waals surface area contributed by atoms with E-state index in [1.807, 2.05) is 0 Å². The molecule has 2 aromatic carbocycles. The maximum Gasteiger partial charge on any atom is 0.246 e. The minimum atomic E-state index is -1.64. The number of benzene rings is 2. The fraction of sp³-hybridized carbons (Fsp3) is 0.250. The first-order chi connectivity index (χ1) is 14.2. The van der Waals surface area contributed by atoms with Gasteiger partial charge in [0.25, 0.3) is 0 Å². The Balaban J connectivity index is 1.71. The third-order valence-corrected chi connectivity index (χ3v) is 5.52. The number of rotatable bonds is 4. The predicted molar refractivity (Wildman–Crippen MR) is 110 cm³/mol. The first kappa shape index (κ1) is 22.4. The number of halogens is 6. The van der Waals surface area contributed by atoms with Crippen LogP contribution in [-0.2, 0) is 4.79 Å². The molecule has 0 aliphatic carbocycles. The van der Waals surface area contributed by atoms with Gasteiger partial charge in [0.15, 0.2) is 23.3 Å². The molecule has 0 aromatic heterocycles. The summed E-state index contributed by atoms with van der Waals surface area (Å²) in [6.45, 7) is 0.218. The molecular formula is C20H16BrClF4N2O2. The van der Waals surface area contributed by atoms with Crippen molar-refractivity contribution in [1.29, 1.82) is 0 Å². The molecule has 1 heterocycles. The van der Waals surface area contributed by atoms with Crippen LogP contribution in [0.5, 0.6) is 5.75 Å². The monoisotopic (exact) mass is 506 g/mol. The van der Waals surface area contributed by atoms with Gasteiger partial charge >= 0.3 is 0 Å². The lowest BCUT2D eigenvalue weighted by molar-refractivity contribution is -0.126. The van der Waals surface area contributed by atoms with E-state index < -0.39 is 34.0 Å². The van der Waals surface area contributed by atoms with Crippen LogP contribution in [0.2, 0.25) is 5.02 Å². The van der Waals surface area contributed by atoms with Gasteiger partial charge in [0.05, 0.1) is 7.11 Å². The van der Waals surface area contributed by atoms with Crippen molar-refractivity contribution in [1.82, 2.24) is 4.90 Å². The lowest BCUT2D eigenvalue weighted by Gasteiger charge is -2.36. The molecule has 160 valence electrons. The second-order valence-corrected chi connectivity index (χ2v) is 7.74. The van der Waals surface area contributed by atoms with Gasteiger partial charge in [-0.05, 0) is 24.3 Å². The number of carbonyl (C=O) groups excluding carboxylic acids is 1. The van der Waals surface area contributed by atoms with E-state index in [1.165, 1.54) is 18.1 Å². The minimum absolute atomic E-state index is 0.00581. The summed E-state index contributed by atoms with van der Waals surface area (Å²) < 4.78 is 61.8. The van der Waals surface area contributed by atoms with Crippen molar-refractivity contribution in [2.75, 3.05) is 38.2 Å². The number of piperazine rings is 1. The van der Waals surface area contributed by atoms with Crippen molar-refractivity contribution in [3.8, 4) is 5.75 Å². The molecule has 0 spiro atoms. The second kappa shape index (κ2) is 9.26. The van der Waals surface area contributed by atoms with E-state index in [1.54, 1.807) is 24.3 Å². The summed E-state index contributed by atoms with van der Waals surface area (Å²) >= 11 is 8.61. The lowest BCUT2D eigenvalue weighted by Crippen LogP contribution is -2.49. The molecule has 0 bridgehead atoms. The fourth-order valence-electron chi connectivity index (χ4n) is 3.12. The molecule has 0 saturated carbocycles. The highest BCUT2D eigenvalue weighted by atomic mass is 79.9. The Kier molecular flexibility index (Phi) is 6.92. The molecular weight excluding hydrogens is 492 g/mol. The molecule has 0 atom stereocenters. The van der Waals surface area contributed by atoms with Crippen LogP contribution in [0.4, 0.5) is 23.2 Å². The Morgan fingerprint density at radius 1 is 1.07 bits per heavy atom. The van der Waals surface area contributed by atoms with Gasteiger partial charge in [0.2, 0.25) is 5.91 Å². The van der Waals surface area contributed by atoms with E-state index in [4.69, 9.17) is 16.3 Å². The third-order valence-electron chi connectivity index (χ3n) is 4.69. The minimum Gasteiger partial charge on any atom is -0.496 e. The van der Waals surface area contributed by atoms with E-state index in [-0.39, 0.29) is 32.1 Å². The summed E-state index contributed by atoms with van der Waals surface area (Å²) in [5, 5.41) is -1.23. The molecule has 0 N–H and O–H groups in total. The molecule has 10 heteroatoms. The van der Waals surface area contributed by atoms with Crippen LogP contribution in [-0.4, -0.2) is 44.1 Å². The highest BCUT2D eigenvalue weighted by Crippen LogP contribution is 2.34. The van der Waals surface area contributed by atoms with Gasteiger partial charge in [-0.15, -0.1) is 0 Å². The number of methoxy groups -OCH3 is 1. The number of nitrogens with zero attached hydrogens (tertiary/aromatic N) is 2. The van der Waals surface area contributed by atoms with Crippen molar-refractivity contribution < 1.29 is 27.1 Å². The van der Waals surface area contributed by atoms with Crippen LogP contribution < -0.4 is 9.64 Å². The lowest BCUT2D eigenvalue weighted by atomic mass is 10.1. The van der Waals surface area contributed by atoms with E-state index in [9.17, 15) is 22.4 Å². The molecule has 1 saturated heterocycles. The normalized spacial score (nSPS) is 14.5. The Hall–Kier alpha value is -2.26. The van der Waals surface area contributed by atoms with Crippen LogP contribution in [0.15, 0.2) is 28.7 Å². The highest BCUT2D eigenvalue weighted by Gasteiger charge is 2.30. The van der Waals surface area contributed by atoms with Crippen molar-refractivity contribution in [2.24, 2.45) is 0 Å². The van der Waals surface area contributed by atoms with Crippen LogP contribution in [0.1, 0.15) is 5.56 Å². The summed E-state index contributed by atoms with van der Waals surface area (Å²) in [7, 11) is 1.52. The van der Waals surface area contributed by atoms with Crippen LogP contribution in [0.3, 0.4) is 0 Å². The molecule has 1 aliphatic rings. The summed E-state index contributed by atoms with van der Waals surface area (Å²) in [5.74, 6) is -6.12. The maximum absolute atomic E-state index is 14.1. The van der Waals surface area contributed by atoms with Crippen molar-refractivity contribution in [3.63, 3.8) is 0 Å². The topological polar surface area (TPSA) is 32.8 Å². The van der Waals surface area contributed by atoms with Crippen molar-refractivity contribution in [2.45, 2.75) is 0 Å². The van der Waals surface area contributed by atoms with E-state index in [2.05, 4.69) is 15.9 Å². The van der Waals surface area contributed by atoms with Crippen LogP contribution >= 0.6 is 27.5 Å². The molecule has 2 aromatic rings. The second-order valence-electron chi connectivity index (χ2n) is 6.45. The molecule has 30 heavy (non-hydrogen) atoms. The molecule has 3 rings (SSSR count). The molecule has 1 aliphatic heterocycles. The van der Waals surface area contributed by atoms with Crippen LogP contribution in [0, 0.1) is 23.3 Å². The SMILES string of the molecule is COc1ccc(Br)cc1/C=C/C(=O)N1CCN(c2c(F)c(F)c(Cl)c(F)c2F)CC1. The summed E-state index contributed by atoms with van der Waals surface area (Å²) in [6.07, 6.45) is 2.96. The Bertz CT molecular complexity index is 982. The molecule has 0 unspecified atom stereocenters. The Morgan fingerprint density at radius 3 is 2.23 bits per heavy atom. The van der Waals surface area contributed by atoms with Gasteiger partial charge < -0.3 is 14.5 Å². The number of ether oxygens (including phenoxy) is 1. The number of hydrogen-bond acceptors (Lipinski definition) is 3. The molecule has 4 nitrogen and oxygen atoms in total. The number of amides is 1. The van der Waals surface area contributed by atoms with Gasteiger partial charge in [0, 0.05) is 42.3 Å². The number of anilines is 1. The molecule has 1 fully saturated rings. The Morgan fingerprint density at radius 2 is 1.67 bits per heavy atom. The summed E-state index contributed by atoms with van der Waals surface area (Å²) in [4.78, 5) is 15.1. The van der Waals surface area contributed by atoms with Gasteiger partial charge in [-0.3, -0.25) is 4.79 Å². The van der Waals surface area contributed by atoms with Gasteiger partial charge in [-0.1, -0.05) is 27.5 Å². The number of hydrogen-bond donors (Lipinski definition) is 0. The standard InChI is InChI=1S/C20H16BrClF4N2O2/c1-30-13-4-3-12(21)10-11(13)2-5-14(29)27-6-8-28(9-7-27)20-18(25)16(23)15(22)17(24)19(20)26/h2-5,10H,6-9H2,1H3/b5-2+. The van der Waals surface area contributed by atoms with E-state index >= 15 is 0 Å². The van der Waals surface area contributed by atoms with Crippen molar-refractivity contribution >= 4 is 45.2 Å². The molecule has 0 radical (unpaired) electrons. The fourth-order valence-corrected chi connectivity index (χ4v) is 3.67. The van der Waals surface area contributed by atoms with E-state index in [0.717, 1.165) is 9.37 Å². The van der Waals surface area contributed by atoms with E-state index in [0.29, 0.717) is 11.3 Å². The first-order valence-electron chi connectivity index (χ1n) is 8.81. The molecule has 1 amide bonds. The van der Waals surface area contributed by atoms with Gasteiger partial charge in [-0.25, -0.2) is 17.6 Å². The zero-order chi connectivity index (χ0) is 22.0. The summed E-state index contributed by atoms with van der Waals surface area (Å²) in [5.41, 5.74) is -0.133.